The minimum Gasteiger partial charge on any atom is -0.397 e. The maximum Gasteiger partial charge on any atom is 0.472 e. The third-order valence-corrected chi connectivity index (χ3v) is 9.00. The number of aliphatic hydroxyl groups excluding tert-OH is 2. The van der Waals surface area contributed by atoms with Crippen molar-refractivity contribution in [1.29, 1.82) is 0 Å². The van der Waals surface area contributed by atoms with E-state index in [0.717, 1.165) is 12.8 Å². The van der Waals surface area contributed by atoms with Crippen LogP contribution in [-0.4, -0.2) is 74.4 Å². The molecule has 5 atom stereocenters. The zero-order valence-corrected chi connectivity index (χ0v) is 27.1. The summed E-state index contributed by atoms with van der Waals surface area (Å²) < 4.78 is 35.2. The Hall–Kier alpha value is -1.83. The molecule has 1 saturated heterocycles. The number of aliphatic hydroxyl groups is 2. The molecule has 1 aliphatic rings. The zero-order valence-electron chi connectivity index (χ0n) is 26.2. The predicted molar refractivity (Wildman–Crippen MR) is 170 cm³/mol. The number of anilines is 2. The van der Waals surface area contributed by atoms with Crippen LogP contribution in [0.3, 0.4) is 0 Å². The molecule has 0 spiro atoms. The first-order chi connectivity index (χ1) is 21.2. The average Bonchev–Trinajstić information content (AvgIpc) is 3.48. The Labute approximate surface area is 261 Å². The van der Waals surface area contributed by atoms with E-state index in [1.54, 1.807) is 0 Å². The van der Waals surface area contributed by atoms with Crippen LogP contribution in [0, 0.1) is 0 Å². The number of ether oxygens (including phenoxy) is 2. The van der Waals surface area contributed by atoms with E-state index in [0.29, 0.717) is 30.7 Å². The summed E-state index contributed by atoms with van der Waals surface area (Å²) >= 11 is 0. The summed E-state index contributed by atoms with van der Waals surface area (Å²) in [6, 6.07) is 0. The molecule has 252 valence electrons. The monoisotopic (exact) mass is 643 g/mol. The van der Waals surface area contributed by atoms with Gasteiger partial charge in [-0.2, -0.15) is 0 Å². The Morgan fingerprint density at radius 2 is 1.43 bits per heavy atom. The molecule has 7 N–H and O–H groups in total. The molecule has 2 aromatic heterocycles. The second kappa shape index (κ2) is 19.6. The maximum absolute atomic E-state index is 12.3. The molecule has 1 aliphatic heterocycles. The molecule has 0 aliphatic carbocycles. The van der Waals surface area contributed by atoms with Crippen molar-refractivity contribution in [2.45, 2.75) is 128 Å². The van der Waals surface area contributed by atoms with Gasteiger partial charge in [-0.05, 0) is 12.8 Å². The SMILES string of the molecule is CCCCCCCCCCCCCCCCOCCCOP(=O)(O)OC[C@H]1O[C@@H](n2cc(N)c3c(N)ncnc32)[C@H](O)[C@@H]1O. The van der Waals surface area contributed by atoms with Gasteiger partial charge in [0.15, 0.2) is 6.23 Å². The quantitative estimate of drug-likeness (QED) is 0.0738. The Morgan fingerprint density at radius 3 is 2.07 bits per heavy atom. The number of rotatable bonds is 24. The van der Waals surface area contributed by atoms with Crippen molar-refractivity contribution in [3.63, 3.8) is 0 Å². The van der Waals surface area contributed by atoms with Crippen LogP contribution >= 0.6 is 7.82 Å². The largest absolute Gasteiger partial charge is 0.472 e. The molecule has 0 bridgehead atoms. The zero-order chi connectivity index (χ0) is 31.8. The molecule has 1 fully saturated rings. The van der Waals surface area contributed by atoms with E-state index in [1.165, 1.54) is 94.1 Å². The van der Waals surface area contributed by atoms with Gasteiger partial charge in [-0.3, -0.25) is 9.05 Å². The molecular formula is C30H54N5O8P. The normalized spacial score (nSPS) is 21.7. The summed E-state index contributed by atoms with van der Waals surface area (Å²) in [4.78, 5) is 18.1. The number of aromatic nitrogens is 3. The van der Waals surface area contributed by atoms with E-state index in [9.17, 15) is 19.7 Å². The molecule has 3 heterocycles. The van der Waals surface area contributed by atoms with Crippen LogP contribution in [0.15, 0.2) is 12.5 Å². The molecule has 0 radical (unpaired) electrons. The molecule has 44 heavy (non-hydrogen) atoms. The van der Waals surface area contributed by atoms with E-state index in [2.05, 4.69) is 16.9 Å². The summed E-state index contributed by atoms with van der Waals surface area (Å²) in [6.45, 7) is 2.82. The smallest absolute Gasteiger partial charge is 0.397 e. The number of fused-ring (bicyclic) bond motifs is 1. The third kappa shape index (κ3) is 11.8. The van der Waals surface area contributed by atoms with Crippen LogP contribution in [0.5, 0.6) is 0 Å². The van der Waals surface area contributed by atoms with Gasteiger partial charge in [-0.25, -0.2) is 14.5 Å². The van der Waals surface area contributed by atoms with Gasteiger partial charge in [0, 0.05) is 19.4 Å². The number of nitrogens with two attached hydrogens (primary N) is 2. The van der Waals surface area contributed by atoms with Crippen LogP contribution in [0.2, 0.25) is 0 Å². The minimum atomic E-state index is -4.41. The minimum absolute atomic E-state index is 0.0262. The second-order valence-corrected chi connectivity index (χ2v) is 13.1. The summed E-state index contributed by atoms with van der Waals surface area (Å²) in [7, 11) is -4.41. The van der Waals surface area contributed by atoms with Crippen LogP contribution in [0.1, 0.15) is 109 Å². The number of unbranched alkanes of at least 4 members (excludes halogenated alkanes) is 13. The van der Waals surface area contributed by atoms with Crippen LogP contribution in [-0.2, 0) is 23.1 Å². The summed E-state index contributed by atoms with van der Waals surface area (Å²) in [5, 5.41) is 21.5. The lowest BCUT2D eigenvalue weighted by Gasteiger charge is -2.18. The fraction of sp³-hybridized carbons (Fsp3) is 0.800. The highest BCUT2D eigenvalue weighted by atomic mass is 31.2. The van der Waals surface area contributed by atoms with Crippen molar-refractivity contribution in [2.24, 2.45) is 0 Å². The van der Waals surface area contributed by atoms with Crippen molar-refractivity contribution < 1.29 is 38.2 Å². The van der Waals surface area contributed by atoms with Crippen molar-refractivity contribution in [2.75, 3.05) is 37.9 Å². The number of nitrogens with zero attached hydrogens (tertiary/aromatic N) is 3. The van der Waals surface area contributed by atoms with Crippen LogP contribution in [0.25, 0.3) is 11.0 Å². The fourth-order valence-corrected chi connectivity index (χ4v) is 6.24. The van der Waals surface area contributed by atoms with Crippen molar-refractivity contribution in [3.8, 4) is 0 Å². The number of nitrogen functional groups attached to an aromatic ring is 2. The summed E-state index contributed by atoms with van der Waals surface area (Å²) in [5.41, 5.74) is 12.5. The van der Waals surface area contributed by atoms with Gasteiger partial charge < -0.3 is 40.6 Å². The van der Waals surface area contributed by atoms with Gasteiger partial charge >= 0.3 is 7.82 Å². The number of phosphoric acid groups is 1. The predicted octanol–water partition coefficient (Wildman–Crippen LogP) is 5.24. The lowest BCUT2D eigenvalue weighted by molar-refractivity contribution is -0.0512. The van der Waals surface area contributed by atoms with Crippen molar-refractivity contribution in [3.05, 3.63) is 12.5 Å². The van der Waals surface area contributed by atoms with Crippen LogP contribution < -0.4 is 11.5 Å². The van der Waals surface area contributed by atoms with Gasteiger partial charge in [-0.15, -0.1) is 0 Å². The third-order valence-electron chi connectivity index (χ3n) is 8.01. The highest BCUT2D eigenvalue weighted by Crippen LogP contribution is 2.44. The first-order valence-corrected chi connectivity index (χ1v) is 17.8. The molecular weight excluding hydrogens is 589 g/mol. The molecule has 0 aromatic carbocycles. The topological polar surface area (TPSA) is 197 Å². The molecule has 3 rings (SSSR count). The number of hydrogen-bond donors (Lipinski definition) is 5. The highest BCUT2D eigenvalue weighted by molar-refractivity contribution is 7.47. The van der Waals surface area contributed by atoms with Gasteiger partial charge in [0.2, 0.25) is 0 Å². The first kappa shape index (κ1) is 36.6. The highest BCUT2D eigenvalue weighted by Gasteiger charge is 2.45. The Morgan fingerprint density at radius 1 is 0.841 bits per heavy atom. The lowest BCUT2D eigenvalue weighted by Crippen LogP contribution is -2.33. The molecule has 0 amide bonds. The number of phosphoric ester groups is 1. The van der Waals surface area contributed by atoms with E-state index >= 15 is 0 Å². The second-order valence-electron chi connectivity index (χ2n) is 11.7. The molecule has 14 heteroatoms. The molecule has 13 nitrogen and oxygen atoms in total. The van der Waals surface area contributed by atoms with E-state index in [-0.39, 0.29) is 18.1 Å². The van der Waals surface area contributed by atoms with E-state index in [1.807, 2.05) is 0 Å². The van der Waals surface area contributed by atoms with Crippen LogP contribution in [0.4, 0.5) is 11.5 Å². The maximum atomic E-state index is 12.3. The first-order valence-electron chi connectivity index (χ1n) is 16.3. The van der Waals surface area contributed by atoms with Gasteiger partial charge in [0.1, 0.15) is 36.1 Å². The molecule has 1 unspecified atom stereocenters. The van der Waals surface area contributed by atoms with Crippen molar-refractivity contribution in [1.82, 2.24) is 14.5 Å². The van der Waals surface area contributed by atoms with Gasteiger partial charge in [-0.1, -0.05) is 90.4 Å². The Balaban J connectivity index is 1.19. The van der Waals surface area contributed by atoms with Gasteiger partial charge in [0.05, 0.1) is 24.3 Å². The Bertz CT molecular complexity index is 1140. The molecule has 0 saturated carbocycles. The number of hydrogen-bond acceptors (Lipinski definition) is 11. The lowest BCUT2D eigenvalue weighted by atomic mass is 10.0. The van der Waals surface area contributed by atoms with Gasteiger partial charge in [0.25, 0.3) is 0 Å². The van der Waals surface area contributed by atoms with E-state index in [4.69, 9.17) is 30.0 Å². The average molecular weight is 644 g/mol. The standard InChI is InChI=1S/C30H54N5O8P/c1-2-3-4-5-6-7-8-9-10-11-12-13-14-15-17-40-18-16-19-41-44(38,39)42-21-24-26(36)27(37)30(43-24)35-20-23(31)25-28(32)33-22-34-29(25)35/h20,22,24,26-27,30,36-37H,2-19,21,31H2,1H3,(H,38,39)(H2,32,33,34)/t24-,26-,27-,30-/m1/s1. The van der Waals surface area contributed by atoms with E-state index < -0.39 is 39.0 Å². The van der Waals surface area contributed by atoms with Crippen molar-refractivity contribution >= 4 is 30.4 Å². The fourth-order valence-electron chi connectivity index (χ4n) is 5.47. The molecule has 2 aromatic rings. The summed E-state index contributed by atoms with van der Waals surface area (Å²) in [6.07, 6.45) is 16.5. The summed E-state index contributed by atoms with van der Waals surface area (Å²) in [5.74, 6) is 0.165. The Kier molecular flexibility index (Phi) is 16.3.